The number of para-hydroxylation sites is 1. The van der Waals surface area contributed by atoms with Gasteiger partial charge in [-0.1, -0.05) is 37.5 Å². The van der Waals surface area contributed by atoms with Crippen molar-refractivity contribution in [3.63, 3.8) is 0 Å². The van der Waals surface area contributed by atoms with Crippen molar-refractivity contribution in [2.45, 2.75) is 50.7 Å². The zero-order valence-electron chi connectivity index (χ0n) is 10.1. The van der Waals surface area contributed by atoms with E-state index < -0.39 is 0 Å². The summed E-state index contributed by atoms with van der Waals surface area (Å²) in [6.07, 6.45) is 7.18. The van der Waals surface area contributed by atoms with Gasteiger partial charge in [0.05, 0.1) is 6.10 Å². The minimum atomic E-state index is -0.341. The first-order valence-electron chi connectivity index (χ1n) is 6.78. The molecule has 92 valence electrons. The fraction of sp³-hybridized carbons (Fsp3) is 0.600. The first kappa shape index (κ1) is 11.1. The van der Waals surface area contributed by atoms with E-state index in [2.05, 4.69) is 0 Å². The highest BCUT2D eigenvalue weighted by atomic mass is 16.5. The number of aliphatic hydroxyl groups excluding tert-OH is 1. The number of benzene rings is 1. The molecule has 0 radical (unpaired) electrons. The minimum absolute atomic E-state index is 0.222. The van der Waals surface area contributed by atoms with E-state index in [1.165, 1.54) is 32.1 Å². The van der Waals surface area contributed by atoms with Crippen LogP contribution in [0.3, 0.4) is 0 Å². The number of aliphatic hydroxyl groups is 1. The molecule has 1 heterocycles. The third-order valence-corrected chi connectivity index (χ3v) is 4.19. The molecular formula is C15H20O2. The molecule has 1 aromatic carbocycles. The lowest BCUT2D eigenvalue weighted by molar-refractivity contribution is 0.0234. The van der Waals surface area contributed by atoms with E-state index in [1.807, 2.05) is 24.3 Å². The van der Waals surface area contributed by atoms with Crippen LogP contribution in [0, 0.1) is 5.92 Å². The number of hydrogen-bond acceptors (Lipinski definition) is 2. The van der Waals surface area contributed by atoms with Gasteiger partial charge in [-0.25, -0.2) is 0 Å². The summed E-state index contributed by atoms with van der Waals surface area (Å²) in [5.41, 5.74) is 0.958. The smallest absolute Gasteiger partial charge is 0.125 e. The molecule has 2 atom stereocenters. The Morgan fingerprint density at radius 1 is 1.06 bits per heavy atom. The number of fused-ring (bicyclic) bond motifs is 1. The zero-order chi connectivity index (χ0) is 11.7. The summed E-state index contributed by atoms with van der Waals surface area (Å²) in [5, 5.41) is 10.2. The van der Waals surface area contributed by atoms with Crippen LogP contribution in [0.5, 0.6) is 5.75 Å². The summed E-state index contributed by atoms with van der Waals surface area (Å²) in [5.74, 6) is 1.54. The van der Waals surface area contributed by atoms with Gasteiger partial charge < -0.3 is 9.84 Å². The van der Waals surface area contributed by atoms with Crippen LogP contribution in [0.4, 0.5) is 0 Å². The Labute approximate surface area is 103 Å². The molecular weight excluding hydrogens is 212 g/mol. The van der Waals surface area contributed by atoms with Crippen LogP contribution in [0.2, 0.25) is 0 Å². The molecule has 1 aromatic rings. The lowest BCUT2D eigenvalue weighted by Gasteiger charge is -2.36. The average Bonchev–Trinajstić information content (AvgIpc) is 2.40. The molecule has 1 N–H and O–H groups in total. The Kier molecular flexibility index (Phi) is 3.06. The fourth-order valence-electron chi connectivity index (χ4n) is 3.22. The third kappa shape index (κ3) is 2.19. The van der Waals surface area contributed by atoms with Crippen molar-refractivity contribution in [3.8, 4) is 5.75 Å². The zero-order valence-corrected chi connectivity index (χ0v) is 10.1. The van der Waals surface area contributed by atoms with Gasteiger partial charge >= 0.3 is 0 Å². The maximum absolute atomic E-state index is 10.2. The Hall–Kier alpha value is -1.02. The molecule has 1 aliphatic carbocycles. The number of ether oxygens (including phenoxy) is 1. The number of hydrogen-bond donors (Lipinski definition) is 1. The standard InChI is InChI=1S/C15H20O2/c16-13-10-15(11-6-2-1-3-7-11)17-14-9-5-4-8-12(13)14/h4-5,8-9,11,13,15-16H,1-3,6-7,10H2/t13-,15-/m1/s1. The van der Waals surface area contributed by atoms with Gasteiger partial charge in [-0.2, -0.15) is 0 Å². The Balaban J connectivity index is 1.78. The SMILES string of the molecule is O[C@@H]1C[C@H](C2CCCCC2)Oc2ccccc21. The molecule has 3 rings (SSSR count). The van der Waals surface area contributed by atoms with Crippen molar-refractivity contribution < 1.29 is 9.84 Å². The molecule has 0 aromatic heterocycles. The lowest BCUT2D eigenvalue weighted by atomic mass is 9.81. The van der Waals surface area contributed by atoms with Crippen molar-refractivity contribution in [2.24, 2.45) is 5.92 Å². The highest BCUT2D eigenvalue weighted by molar-refractivity contribution is 5.37. The molecule has 2 heteroatoms. The van der Waals surface area contributed by atoms with Gasteiger partial charge in [-0.05, 0) is 24.8 Å². The summed E-state index contributed by atoms with van der Waals surface area (Å²) >= 11 is 0. The van der Waals surface area contributed by atoms with E-state index in [4.69, 9.17) is 4.74 Å². The van der Waals surface area contributed by atoms with E-state index in [1.54, 1.807) is 0 Å². The van der Waals surface area contributed by atoms with Crippen LogP contribution >= 0.6 is 0 Å². The summed E-state index contributed by atoms with van der Waals surface area (Å²) < 4.78 is 6.08. The van der Waals surface area contributed by atoms with E-state index in [0.717, 1.165) is 17.7 Å². The molecule has 0 amide bonds. The second-order valence-electron chi connectivity index (χ2n) is 5.34. The highest BCUT2D eigenvalue weighted by Gasteiger charge is 2.32. The van der Waals surface area contributed by atoms with Gasteiger partial charge in [0.25, 0.3) is 0 Å². The second-order valence-corrected chi connectivity index (χ2v) is 5.34. The van der Waals surface area contributed by atoms with Crippen LogP contribution in [-0.4, -0.2) is 11.2 Å². The largest absolute Gasteiger partial charge is 0.490 e. The second kappa shape index (κ2) is 4.69. The lowest BCUT2D eigenvalue weighted by Crippen LogP contribution is -2.33. The van der Waals surface area contributed by atoms with Gasteiger partial charge in [0.1, 0.15) is 11.9 Å². The first-order valence-corrected chi connectivity index (χ1v) is 6.78. The Morgan fingerprint density at radius 3 is 2.65 bits per heavy atom. The molecule has 2 aliphatic rings. The monoisotopic (exact) mass is 232 g/mol. The highest BCUT2D eigenvalue weighted by Crippen LogP contribution is 2.39. The van der Waals surface area contributed by atoms with Gasteiger partial charge in [0, 0.05) is 12.0 Å². The Bertz CT molecular complexity index is 382. The normalized spacial score (nSPS) is 29.5. The molecule has 0 spiro atoms. The molecule has 1 saturated carbocycles. The van der Waals surface area contributed by atoms with Crippen LogP contribution in [0.1, 0.15) is 50.2 Å². The van der Waals surface area contributed by atoms with Gasteiger partial charge in [0.2, 0.25) is 0 Å². The van der Waals surface area contributed by atoms with Crippen LogP contribution < -0.4 is 4.74 Å². The van der Waals surface area contributed by atoms with Gasteiger partial charge in [-0.3, -0.25) is 0 Å². The molecule has 17 heavy (non-hydrogen) atoms. The van der Waals surface area contributed by atoms with E-state index in [9.17, 15) is 5.11 Å². The predicted octanol–water partition coefficient (Wildman–Crippen LogP) is 3.45. The fourth-order valence-corrected chi connectivity index (χ4v) is 3.22. The van der Waals surface area contributed by atoms with Gasteiger partial charge in [0.15, 0.2) is 0 Å². The summed E-state index contributed by atoms with van der Waals surface area (Å²) in [6.45, 7) is 0. The summed E-state index contributed by atoms with van der Waals surface area (Å²) in [6, 6.07) is 7.89. The molecule has 2 nitrogen and oxygen atoms in total. The van der Waals surface area contributed by atoms with E-state index >= 15 is 0 Å². The van der Waals surface area contributed by atoms with E-state index in [0.29, 0.717) is 5.92 Å². The van der Waals surface area contributed by atoms with Crippen LogP contribution in [0.25, 0.3) is 0 Å². The summed E-state index contributed by atoms with van der Waals surface area (Å²) in [4.78, 5) is 0. The van der Waals surface area contributed by atoms with Crippen molar-refractivity contribution >= 4 is 0 Å². The maximum atomic E-state index is 10.2. The molecule has 0 unspecified atom stereocenters. The van der Waals surface area contributed by atoms with Crippen molar-refractivity contribution in [1.29, 1.82) is 0 Å². The predicted molar refractivity (Wildman–Crippen MR) is 67.0 cm³/mol. The first-order chi connectivity index (χ1) is 8.34. The van der Waals surface area contributed by atoms with Crippen molar-refractivity contribution in [3.05, 3.63) is 29.8 Å². The third-order valence-electron chi connectivity index (χ3n) is 4.19. The number of rotatable bonds is 1. The summed E-state index contributed by atoms with van der Waals surface area (Å²) in [7, 11) is 0. The van der Waals surface area contributed by atoms with Crippen LogP contribution in [-0.2, 0) is 0 Å². The van der Waals surface area contributed by atoms with E-state index in [-0.39, 0.29) is 12.2 Å². The maximum Gasteiger partial charge on any atom is 0.125 e. The van der Waals surface area contributed by atoms with Gasteiger partial charge in [-0.15, -0.1) is 0 Å². The average molecular weight is 232 g/mol. The molecule has 1 fully saturated rings. The quantitative estimate of drug-likeness (QED) is 0.803. The molecule has 0 saturated heterocycles. The van der Waals surface area contributed by atoms with Crippen molar-refractivity contribution in [1.82, 2.24) is 0 Å². The Morgan fingerprint density at radius 2 is 1.82 bits per heavy atom. The molecule has 0 bridgehead atoms. The van der Waals surface area contributed by atoms with Crippen LogP contribution in [0.15, 0.2) is 24.3 Å². The topological polar surface area (TPSA) is 29.5 Å². The molecule has 1 aliphatic heterocycles. The van der Waals surface area contributed by atoms with Crippen molar-refractivity contribution in [2.75, 3.05) is 0 Å². The minimum Gasteiger partial charge on any atom is -0.490 e.